The van der Waals surface area contributed by atoms with Crippen molar-refractivity contribution in [3.63, 3.8) is 0 Å². The molecule has 1 spiro atoms. The zero-order valence-electron chi connectivity index (χ0n) is 12.2. The summed E-state index contributed by atoms with van der Waals surface area (Å²) in [6.45, 7) is 3.54. The molecule has 0 aliphatic carbocycles. The molecule has 1 aromatic heterocycles. The number of rotatable bonds is 2. The number of nitro groups is 1. The molecular weight excluding hydrogens is 272 g/mol. The van der Waals surface area contributed by atoms with Crippen LogP contribution in [-0.2, 0) is 7.05 Å². The molecule has 3 rings (SSSR count). The number of hydrogen-bond acceptors (Lipinski definition) is 4. The molecule has 2 saturated heterocycles. The third kappa shape index (κ3) is 2.42. The molecular formula is C14H20N4O3. The number of aromatic nitrogens is 1. The average Bonchev–Trinajstić information content (AvgIpc) is 3.04. The predicted octanol–water partition coefficient (Wildman–Crippen LogP) is 1.15. The fourth-order valence-corrected chi connectivity index (χ4v) is 3.53. The Labute approximate surface area is 123 Å². The summed E-state index contributed by atoms with van der Waals surface area (Å²) in [5.74, 6) is -0.143. The zero-order valence-corrected chi connectivity index (χ0v) is 12.2. The summed E-state index contributed by atoms with van der Waals surface area (Å²) in [6, 6.07) is 2.94. The molecule has 7 heteroatoms. The molecule has 114 valence electrons. The van der Waals surface area contributed by atoms with Crippen molar-refractivity contribution in [2.45, 2.75) is 19.3 Å². The second-order valence-electron chi connectivity index (χ2n) is 6.12. The summed E-state index contributed by atoms with van der Waals surface area (Å²) in [5.41, 5.74) is 0.644. The van der Waals surface area contributed by atoms with Gasteiger partial charge in [0.05, 0.1) is 7.05 Å². The maximum Gasteiger partial charge on any atom is 0.323 e. The molecule has 3 heterocycles. The van der Waals surface area contributed by atoms with Crippen molar-refractivity contribution in [1.29, 1.82) is 0 Å². The molecule has 1 N–H and O–H groups in total. The lowest BCUT2D eigenvalue weighted by Crippen LogP contribution is -2.40. The highest BCUT2D eigenvalue weighted by Gasteiger charge is 2.41. The number of amides is 1. The lowest BCUT2D eigenvalue weighted by Gasteiger charge is -2.33. The molecule has 0 aromatic carbocycles. The van der Waals surface area contributed by atoms with Crippen LogP contribution in [0.15, 0.2) is 12.1 Å². The highest BCUT2D eigenvalue weighted by Crippen LogP contribution is 2.39. The van der Waals surface area contributed by atoms with Gasteiger partial charge < -0.3 is 20.3 Å². The molecule has 1 aromatic rings. The lowest BCUT2D eigenvalue weighted by atomic mass is 9.78. The van der Waals surface area contributed by atoms with Crippen LogP contribution in [-0.4, -0.2) is 46.5 Å². The Morgan fingerprint density at radius 2 is 2.05 bits per heavy atom. The molecule has 1 amide bonds. The van der Waals surface area contributed by atoms with Crippen LogP contribution in [0.1, 0.15) is 29.8 Å². The van der Waals surface area contributed by atoms with E-state index < -0.39 is 4.92 Å². The van der Waals surface area contributed by atoms with E-state index in [0.29, 0.717) is 5.69 Å². The number of carbonyl (C=O) groups excluding carboxylic acids is 1. The summed E-state index contributed by atoms with van der Waals surface area (Å²) in [4.78, 5) is 24.9. The molecule has 2 aliphatic heterocycles. The molecule has 21 heavy (non-hydrogen) atoms. The first-order valence-electron chi connectivity index (χ1n) is 7.33. The number of hydrogen-bond donors (Lipinski definition) is 1. The minimum absolute atomic E-state index is 0.0471. The molecule has 7 nitrogen and oxygen atoms in total. The van der Waals surface area contributed by atoms with Crippen molar-refractivity contribution in [1.82, 2.24) is 14.8 Å². The van der Waals surface area contributed by atoms with Crippen molar-refractivity contribution in [3.8, 4) is 0 Å². The lowest BCUT2D eigenvalue weighted by molar-refractivity contribution is -0.391. The van der Waals surface area contributed by atoms with Crippen LogP contribution in [0, 0.1) is 15.5 Å². The number of nitrogens with one attached hydrogen (secondary N) is 1. The van der Waals surface area contributed by atoms with E-state index >= 15 is 0 Å². The molecule has 2 aliphatic rings. The van der Waals surface area contributed by atoms with Gasteiger partial charge in [0.25, 0.3) is 5.91 Å². The van der Waals surface area contributed by atoms with Gasteiger partial charge in [-0.05, 0) is 48.8 Å². The molecule has 0 radical (unpaired) electrons. The second kappa shape index (κ2) is 5.14. The SMILES string of the molecule is Cn1c(C(=O)N2CCC3(CCNCC3)C2)ccc1[N+](=O)[O-]. The van der Waals surface area contributed by atoms with Crippen molar-refractivity contribution in [3.05, 3.63) is 27.9 Å². The first-order chi connectivity index (χ1) is 10.0. The Morgan fingerprint density at radius 1 is 1.33 bits per heavy atom. The fourth-order valence-electron chi connectivity index (χ4n) is 3.53. The molecule has 0 saturated carbocycles. The van der Waals surface area contributed by atoms with Crippen LogP contribution in [0.3, 0.4) is 0 Å². The van der Waals surface area contributed by atoms with Crippen molar-refractivity contribution >= 4 is 11.7 Å². The van der Waals surface area contributed by atoms with Crippen LogP contribution in [0.25, 0.3) is 0 Å². The zero-order chi connectivity index (χ0) is 15.0. The average molecular weight is 292 g/mol. The van der Waals surface area contributed by atoms with Crippen LogP contribution in [0.5, 0.6) is 0 Å². The third-order valence-corrected chi connectivity index (χ3v) is 4.89. The van der Waals surface area contributed by atoms with Gasteiger partial charge in [0, 0.05) is 19.2 Å². The first kappa shape index (κ1) is 14.1. The van der Waals surface area contributed by atoms with Gasteiger partial charge in [0.2, 0.25) is 0 Å². The molecule has 0 bridgehead atoms. The van der Waals surface area contributed by atoms with Gasteiger partial charge >= 0.3 is 5.82 Å². The minimum Gasteiger partial charge on any atom is -0.358 e. The maximum absolute atomic E-state index is 12.6. The first-order valence-corrected chi connectivity index (χ1v) is 7.33. The molecule has 2 fully saturated rings. The highest BCUT2D eigenvalue weighted by molar-refractivity contribution is 5.93. The van der Waals surface area contributed by atoms with E-state index in [1.54, 1.807) is 13.1 Å². The normalized spacial score (nSPS) is 20.9. The largest absolute Gasteiger partial charge is 0.358 e. The topological polar surface area (TPSA) is 80.4 Å². The quantitative estimate of drug-likeness (QED) is 0.655. The summed E-state index contributed by atoms with van der Waals surface area (Å²) < 4.78 is 1.37. The minimum atomic E-state index is -0.463. The maximum atomic E-state index is 12.6. The van der Waals surface area contributed by atoms with Crippen LogP contribution in [0.2, 0.25) is 0 Å². The van der Waals surface area contributed by atoms with E-state index in [0.717, 1.165) is 45.4 Å². The third-order valence-electron chi connectivity index (χ3n) is 4.89. The van der Waals surface area contributed by atoms with Gasteiger partial charge in [-0.3, -0.25) is 4.79 Å². The van der Waals surface area contributed by atoms with Crippen LogP contribution >= 0.6 is 0 Å². The highest BCUT2D eigenvalue weighted by atomic mass is 16.6. The Balaban J connectivity index is 1.76. The van der Waals surface area contributed by atoms with E-state index in [4.69, 9.17) is 0 Å². The fraction of sp³-hybridized carbons (Fsp3) is 0.643. The van der Waals surface area contributed by atoms with Gasteiger partial charge in [0.1, 0.15) is 0 Å². The van der Waals surface area contributed by atoms with Gasteiger partial charge in [-0.15, -0.1) is 0 Å². The van der Waals surface area contributed by atoms with Crippen LogP contribution < -0.4 is 5.32 Å². The number of nitrogens with zero attached hydrogens (tertiary/aromatic N) is 3. The van der Waals surface area contributed by atoms with E-state index in [2.05, 4.69) is 5.32 Å². The number of likely N-dealkylation sites (tertiary alicyclic amines) is 1. The Kier molecular flexibility index (Phi) is 3.44. The summed E-state index contributed by atoms with van der Waals surface area (Å²) in [7, 11) is 1.57. The van der Waals surface area contributed by atoms with Crippen molar-refractivity contribution < 1.29 is 9.72 Å². The van der Waals surface area contributed by atoms with Gasteiger partial charge in [-0.25, -0.2) is 4.57 Å². The Hall–Kier alpha value is -1.89. The summed E-state index contributed by atoms with van der Waals surface area (Å²) >= 11 is 0. The van der Waals surface area contributed by atoms with Gasteiger partial charge in [-0.1, -0.05) is 0 Å². The summed E-state index contributed by atoms with van der Waals surface area (Å²) in [5, 5.41) is 14.2. The predicted molar refractivity (Wildman–Crippen MR) is 77.1 cm³/mol. The van der Waals surface area contributed by atoms with E-state index in [9.17, 15) is 14.9 Å². The smallest absolute Gasteiger partial charge is 0.323 e. The summed E-state index contributed by atoms with van der Waals surface area (Å²) in [6.07, 6.45) is 3.24. The van der Waals surface area contributed by atoms with E-state index in [1.807, 2.05) is 4.90 Å². The van der Waals surface area contributed by atoms with Crippen molar-refractivity contribution in [2.24, 2.45) is 12.5 Å². The van der Waals surface area contributed by atoms with Crippen molar-refractivity contribution in [2.75, 3.05) is 26.2 Å². The Bertz CT molecular complexity index is 575. The van der Waals surface area contributed by atoms with Gasteiger partial charge in [0.15, 0.2) is 5.69 Å². The Morgan fingerprint density at radius 3 is 2.67 bits per heavy atom. The van der Waals surface area contributed by atoms with E-state index in [-0.39, 0.29) is 17.1 Å². The monoisotopic (exact) mass is 292 g/mol. The standard InChI is InChI=1S/C14H20N4O3/c1-16-11(2-3-12(16)18(20)21)13(19)17-9-6-14(10-17)4-7-15-8-5-14/h2-3,15H,4-10H2,1H3. The number of piperidine rings is 1. The molecule has 0 unspecified atom stereocenters. The molecule has 0 atom stereocenters. The second-order valence-corrected chi connectivity index (χ2v) is 6.12. The number of carbonyl (C=O) groups is 1. The van der Waals surface area contributed by atoms with E-state index in [1.165, 1.54) is 10.6 Å². The van der Waals surface area contributed by atoms with Gasteiger partial charge in [-0.2, -0.15) is 0 Å². The van der Waals surface area contributed by atoms with Crippen LogP contribution in [0.4, 0.5) is 5.82 Å².